The third-order valence-electron chi connectivity index (χ3n) is 5.81. The van der Waals surface area contributed by atoms with Crippen LogP contribution in [0.4, 0.5) is 0 Å². The molecule has 0 aromatic heterocycles. The predicted molar refractivity (Wildman–Crippen MR) is 138 cm³/mol. The minimum atomic E-state index is -2.15. The average Bonchev–Trinajstić information content (AvgIpc) is 2.88. The van der Waals surface area contributed by atoms with E-state index in [2.05, 4.69) is 72.8 Å². The van der Waals surface area contributed by atoms with Crippen LogP contribution in [0.3, 0.4) is 0 Å². The molecule has 0 saturated carbocycles. The van der Waals surface area contributed by atoms with Crippen molar-refractivity contribution in [2.75, 3.05) is 13.7 Å². The number of carbonyl (C=O) groups excluding carboxylic acids is 1. The maximum atomic E-state index is 13.1. The Bertz CT molecular complexity index is 1100. The first-order valence-electron chi connectivity index (χ1n) is 11.1. The molecule has 0 bridgehead atoms. The molecule has 0 spiro atoms. The van der Waals surface area contributed by atoms with Gasteiger partial charge in [-0.25, -0.2) is 4.79 Å². The molecule has 0 saturated heterocycles. The van der Waals surface area contributed by atoms with Crippen LogP contribution in [0, 0.1) is 0 Å². The minimum absolute atomic E-state index is 0. The first kappa shape index (κ1) is 25.5. The smallest absolute Gasteiger partial charge is 0.342 e. The zero-order valence-corrected chi connectivity index (χ0v) is 21.0. The lowest BCUT2D eigenvalue weighted by atomic mass is 10.1. The Morgan fingerprint density at radius 3 is 1.59 bits per heavy atom. The number of benzene rings is 4. The van der Waals surface area contributed by atoms with Crippen molar-refractivity contribution in [1.82, 2.24) is 0 Å². The van der Waals surface area contributed by atoms with E-state index >= 15 is 0 Å². The van der Waals surface area contributed by atoms with Gasteiger partial charge in [-0.2, -0.15) is 0 Å². The average molecular weight is 491 g/mol. The largest absolute Gasteiger partial charge is 1.00 e. The number of carbonyl (C=O) groups is 1. The van der Waals surface area contributed by atoms with E-state index in [1.165, 1.54) is 15.9 Å². The highest BCUT2D eigenvalue weighted by Gasteiger charge is 2.46. The van der Waals surface area contributed by atoms with Crippen molar-refractivity contribution in [2.45, 2.75) is 13.1 Å². The third kappa shape index (κ3) is 5.01. The van der Waals surface area contributed by atoms with Crippen LogP contribution in [-0.2, 0) is 10.9 Å². The summed E-state index contributed by atoms with van der Waals surface area (Å²) in [4.78, 5) is 13.1. The zero-order valence-electron chi connectivity index (χ0n) is 19.4. The molecule has 5 heteroatoms. The predicted octanol–water partition coefficient (Wildman–Crippen LogP) is 2.37. The fraction of sp³-hybridized carbons (Fsp3) is 0.138. The maximum absolute atomic E-state index is 13.1. The monoisotopic (exact) mass is 490 g/mol. The van der Waals surface area contributed by atoms with Gasteiger partial charge in [0, 0.05) is 5.56 Å². The Kier molecular flexibility index (Phi) is 8.87. The lowest BCUT2D eigenvalue weighted by Gasteiger charge is -2.28. The van der Waals surface area contributed by atoms with Crippen molar-refractivity contribution in [2.24, 2.45) is 0 Å². The second-order valence-corrected chi connectivity index (χ2v) is 11.2. The molecular formula is C29H28ClO3P. The van der Waals surface area contributed by atoms with E-state index < -0.39 is 7.26 Å². The Morgan fingerprint density at radius 2 is 1.18 bits per heavy atom. The van der Waals surface area contributed by atoms with Gasteiger partial charge in [-0.3, -0.25) is 0 Å². The summed E-state index contributed by atoms with van der Waals surface area (Å²) in [5.41, 5.74) is 1.44. The van der Waals surface area contributed by atoms with Gasteiger partial charge < -0.3 is 21.9 Å². The molecule has 0 radical (unpaired) electrons. The lowest BCUT2D eigenvalue weighted by Crippen LogP contribution is -3.00. The number of methoxy groups -OCH3 is 1. The fourth-order valence-electron chi connectivity index (χ4n) is 4.34. The van der Waals surface area contributed by atoms with Crippen LogP contribution < -0.4 is 33.1 Å². The number of halogens is 1. The Morgan fingerprint density at radius 1 is 0.706 bits per heavy atom. The number of hydrogen-bond acceptors (Lipinski definition) is 3. The number of esters is 1. The second-order valence-electron chi connectivity index (χ2n) is 7.69. The highest BCUT2D eigenvalue weighted by Crippen LogP contribution is 2.58. The van der Waals surface area contributed by atoms with Crippen molar-refractivity contribution >= 4 is 29.1 Å². The molecule has 34 heavy (non-hydrogen) atoms. The van der Waals surface area contributed by atoms with Gasteiger partial charge in [0.1, 0.15) is 34.5 Å². The van der Waals surface area contributed by atoms with Crippen LogP contribution in [0.15, 0.2) is 109 Å². The minimum Gasteiger partial charge on any atom is -1.00 e. The maximum Gasteiger partial charge on any atom is 0.342 e. The van der Waals surface area contributed by atoms with Gasteiger partial charge in [0.25, 0.3) is 0 Å². The number of hydrogen-bond donors (Lipinski definition) is 0. The Balaban J connectivity index is 0.00000324. The molecule has 0 aliphatic carbocycles. The second kappa shape index (κ2) is 11.8. The summed E-state index contributed by atoms with van der Waals surface area (Å²) in [6, 6.07) is 37.7. The molecule has 0 aliphatic heterocycles. The van der Waals surface area contributed by atoms with Crippen molar-refractivity contribution in [3.8, 4) is 5.75 Å². The summed E-state index contributed by atoms with van der Waals surface area (Å²) in [5.74, 6) is 0.190. The van der Waals surface area contributed by atoms with Gasteiger partial charge in [0.05, 0.1) is 19.9 Å². The normalized spacial score (nSPS) is 10.8. The van der Waals surface area contributed by atoms with Crippen molar-refractivity contribution < 1.29 is 26.7 Å². The molecule has 4 aromatic rings. The van der Waals surface area contributed by atoms with Gasteiger partial charge in [-0.1, -0.05) is 66.7 Å². The van der Waals surface area contributed by atoms with Crippen LogP contribution in [0.25, 0.3) is 0 Å². The molecule has 0 heterocycles. The molecule has 0 N–H and O–H groups in total. The van der Waals surface area contributed by atoms with Gasteiger partial charge >= 0.3 is 5.97 Å². The molecule has 0 fully saturated rings. The van der Waals surface area contributed by atoms with Crippen LogP contribution in [-0.4, -0.2) is 19.7 Å². The van der Waals surface area contributed by atoms with E-state index in [0.717, 1.165) is 5.56 Å². The van der Waals surface area contributed by atoms with E-state index in [1.807, 2.05) is 43.3 Å². The van der Waals surface area contributed by atoms with Crippen LogP contribution >= 0.6 is 7.26 Å². The molecule has 0 unspecified atom stereocenters. The summed E-state index contributed by atoms with van der Waals surface area (Å²) < 4.78 is 11.0. The van der Waals surface area contributed by atoms with E-state index in [0.29, 0.717) is 24.1 Å². The Hall–Kier alpha value is -3.13. The molecule has 0 aliphatic rings. The third-order valence-corrected chi connectivity index (χ3v) is 10.2. The molecule has 3 nitrogen and oxygen atoms in total. The summed E-state index contributed by atoms with van der Waals surface area (Å²) in [6.07, 6.45) is 0.677. The van der Waals surface area contributed by atoms with E-state index in [9.17, 15) is 4.79 Å². The van der Waals surface area contributed by atoms with Crippen molar-refractivity contribution in [1.29, 1.82) is 0 Å². The van der Waals surface area contributed by atoms with E-state index in [1.54, 1.807) is 7.11 Å². The molecule has 4 aromatic carbocycles. The van der Waals surface area contributed by atoms with Crippen molar-refractivity contribution in [3.05, 3.63) is 120 Å². The van der Waals surface area contributed by atoms with Crippen LogP contribution in [0.1, 0.15) is 22.8 Å². The first-order chi connectivity index (χ1) is 16.2. The zero-order chi connectivity index (χ0) is 23.1. The summed E-state index contributed by atoms with van der Waals surface area (Å²) in [7, 11) is -0.561. The fourth-order valence-corrected chi connectivity index (χ4v) is 8.60. The summed E-state index contributed by atoms with van der Waals surface area (Å²) in [5, 5.41) is 3.79. The van der Waals surface area contributed by atoms with Gasteiger partial charge in [0.15, 0.2) is 0 Å². The molecule has 0 amide bonds. The van der Waals surface area contributed by atoms with E-state index in [-0.39, 0.29) is 18.4 Å². The molecule has 174 valence electrons. The highest BCUT2D eigenvalue weighted by molar-refractivity contribution is 7.95. The lowest BCUT2D eigenvalue weighted by molar-refractivity contribution is -0.0000257. The highest BCUT2D eigenvalue weighted by atomic mass is 35.5. The van der Waals surface area contributed by atoms with Crippen LogP contribution in [0.2, 0.25) is 0 Å². The Labute approximate surface area is 208 Å². The number of rotatable bonds is 8. The quantitative estimate of drug-likeness (QED) is 0.281. The SMILES string of the molecule is CCOC(=O)c1c(C[P+](c2ccccc2)(c2ccccc2)c2ccccc2)cccc1OC.[Cl-]. The van der Waals surface area contributed by atoms with Crippen molar-refractivity contribution in [3.63, 3.8) is 0 Å². The van der Waals surface area contributed by atoms with Gasteiger partial charge in [-0.05, 0) is 49.4 Å². The van der Waals surface area contributed by atoms with Gasteiger partial charge in [0.2, 0.25) is 0 Å². The summed E-state index contributed by atoms with van der Waals surface area (Å²) >= 11 is 0. The first-order valence-corrected chi connectivity index (χ1v) is 13.1. The van der Waals surface area contributed by atoms with E-state index in [4.69, 9.17) is 9.47 Å². The molecule has 4 rings (SSSR count). The van der Waals surface area contributed by atoms with Gasteiger partial charge in [-0.15, -0.1) is 0 Å². The topological polar surface area (TPSA) is 35.5 Å². The summed E-state index contributed by atoms with van der Waals surface area (Å²) in [6.45, 7) is 2.13. The number of ether oxygens (including phenoxy) is 2. The molecule has 0 atom stereocenters. The standard InChI is InChI=1S/C29H28O3P.ClH/c1-3-32-29(30)28-23(14-13-21-27(28)31-2)22-33(24-15-7-4-8-16-24,25-17-9-5-10-18-25)26-19-11-6-12-20-26;/h4-21H,3,22H2,1-2H3;1H/q+1;/p-1. The molecular weight excluding hydrogens is 463 g/mol. The van der Waals surface area contributed by atoms with Crippen LogP contribution in [0.5, 0.6) is 5.75 Å².